The van der Waals surface area contributed by atoms with Gasteiger partial charge in [0.25, 0.3) is 0 Å². The van der Waals surface area contributed by atoms with Gasteiger partial charge in [-0.3, -0.25) is 4.79 Å². The van der Waals surface area contributed by atoms with Crippen LogP contribution in [0.4, 0.5) is 0 Å². The third-order valence-corrected chi connectivity index (χ3v) is 5.27. The van der Waals surface area contributed by atoms with Crippen LogP contribution in [0.5, 0.6) is 0 Å². The van der Waals surface area contributed by atoms with Gasteiger partial charge in [-0.05, 0) is 37.0 Å². The maximum absolute atomic E-state index is 11.6. The van der Waals surface area contributed by atoms with Crippen LogP contribution >= 0.6 is 15.9 Å². The number of unbranched alkanes of at least 4 members (excludes halogenated alkanes) is 3. The molecule has 1 aromatic carbocycles. The van der Waals surface area contributed by atoms with Crippen molar-refractivity contribution in [3.05, 3.63) is 40.4 Å². The SMILES string of the molecule is CCCCCC[C@@H]1C(=O)O[C@H]1CC(O)CCC=Cc1ccc(Br)cc1. The summed E-state index contributed by atoms with van der Waals surface area (Å²) >= 11 is 3.42. The highest BCUT2D eigenvalue weighted by Gasteiger charge is 2.42. The number of cyclic esters (lactones) is 1. The average Bonchev–Trinajstić information content (AvgIpc) is 2.59. The van der Waals surface area contributed by atoms with Crippen LogP contribution < -0.4 is 0 Å². The molecule has 0 aliphatic carbocycles. The molecule has 1 saturated heterocycles. The van der Waals surface area contributed by atoms with Crippen LogP contribution in [0.2, 0.25) is 0 Å². The molecule has 1 aliphatic rings. The van der Waals surface area contributed by atoms with E-state index in [1.54, 1.807) is 0 Å². The first kappa shape index (κ1) is 20.2. The first-order valence-corrected chi connectivity index (χ1v) is 10.2. The van der Waals surface area contributed by atoms with E-state index < -0.39 is 6.10 Å². The Morgan fingerprint density at radius 1 is 1.24 bits per heavy atom. The fraction of sp³-hybridized carbons (Fsp3) is 0.571. The second-order valence-electron chi connectivity index (χ2n) is 6.85. The fourth-order valence-electron chi connectivity index (χ4n) is 3.17. The molecular weight excluding hydrogens is 380 g/mol. The zero-order valence-corrected chi connectivity index (χ0v) is 16.6. The Kier molecular flexibility index (Phi) is 8.70. The minimum Gasteiger partial charge on any atom is -0.461 e. The van der Waals surface area contributed by atoms with Crippen molar-refractivity contribution in [1.29, 1.82) is 0 Å². The van der Waals surface area contributed by atoms with Crippen molar-refractivity contribution in [3.8, 4) is 0 Å². The van der Waals surface area contributed by atoms with Crippen LogP contribution in [-0.4, -0.2) is 23.3 Å². The van der Waals surface area contributed by atoms with Gasteiger partial charge in [0.1, 0.15) is 6.10 Å². The number of ether oxygens (including phenoxy) is 1. The minimum atomic E-state index is -0.411. The van der Waals surface area contributed by atoms with E-state index in [-0.39, 0.29) is 18.0 Å². The first-order valence-electron chi connectivity index (χ1n) is 9.40. The third-order valence-electron chi connectivity index (χ3n) is 4.74. The summed E-state index contributed by atoms with van der Waals surface area (Å²) in [5, 5.41) is 10.2. The highest BCUT2D eigenvalue weighted by atomic mass is 79.9. The standard InChI is InChI=1S/C21H29BrO3/c1-2-3-4-5-10-19-20(25-21(19)24)15-18(23)9-7-6-8-16-11-13-17(22)14-12-16/h6,8,11-14,18-20,23H,2-5,7,9-10,15H2,1H3/t18?,19-,20-/m0/s1. The number of halogens is 1. The number of carbonyl (C=O) groups is 1. The number of carbonyl (C=O) groups excluding carboxylic acids is 1. The van der Waals surface area contributed by atoms with Gasteiger partial charge in [-0.15, -0.1) is 0 Å². The van der Waals surface area contributed by atoms with E-state index in [1.165, 1.54) is 19.3 Å². The van der Waals surface area contributed by atoms with Gasteiger partial charge in [0, 0.05) is 10.9 Å². The van der Waals surface area contributed by atoms with E-state index in [4.69, 9.17) is 4.74 Å². The molecule has 1 fully saturated rings. The van der Waals surface area contributed by atoms with Crippen LogP contribution in [0.1, 0.15) is 63.9 Å². The van der Waals surface area contributed by atoms with E-state index >= 15 is 0 Å². The minimum absolute atomic E-state index is 0.00446. The van der Waals surface area contributed by atoms with Gasteiger partial charge >= 0.3 is 5.97 Å². The van der Waals surface area contributed by atoms with Crippen molar-refractivity contribution >= 4 is 28.0 Å². The molecule has 1 heterocycles. The summed E-state index contributed by atoms with van der Waals surface area (Å²) in [6, 6.07) is 8.13. The van der Waals surface area contributed by atoms with E-state index in [9.17, 15) is 9.90 Å². The average molecular weight is 409 g/mol. The predicted molar refractivity (Wildman–Crippen MR) is 105 cm³/mol. The number of allylic oxidation sites excluding steroid dienone is 1. The zero-order valence-electron chi connectivity index (χ0n) is 15.0. The molecule has 138 valence electrons. The second kappa shape index (κ2) is 10.8. The predicted octanol–water partition coefficient (Wildman–Crippen LogP) is 5.51. The van der Waals surface area contributed by atoms with Gasteiger partial charge in [0.05, 0.1) is 12.0 Å². The number of aliphatic hydroxyl groups excluding tert-OH is 1. The van der Waals surface area contributed by atoms with Crippen LogP contribution in [0, 0.1) is 5.92 Å². The smallest absolute Gasteiger partial charge is 0.313 e. The Morgan fingerprint density at radius 3 is 2.68 bits per heavy atom. The maximum Gasteiger partial charge on any atom is 0.313 e. The molecule has 1 N–H and O–H groups in total. The van der Waals surface area contributed by atoms with E-state index in [2.05, 4.69) is 35.0 Å². The number of hydrogen-bond acceptors (Lipinski definition) is 3. The molecular formula is C21H29BrO3. The molecule has 0 radical (unpaired) electrons. The van der Waals surface area contributed by atoms with Crippen LogP contribution in [0.15, 0.2) is 34.8 Å². The van der Waals surface area contributed by atoms with Gasteiger partial charge in [0.15, 0.2) is 0 Å². The lowest BCUT2D eigenvalue weighted by Crippen LogP contribution is -2.46. The molecule has 0 spiro atoms. The molecule has 25 heavy (non-hydrogen) atoms. The Labute approximate surface area is 159 Å². The summed E-state index contributed by atoms with van der Waals surface area (Å²) in [6.07, 6.45) is 11.3. The van der Waals surface area contributed by atoms with E-state index in [0.717, 1.165) is 29.3 Å². The molecule has 0 amide bonds. The summed E-state index contributed by atoms with van der Waals surface area (Å²) in [7, 11) is 0. The topological polar surface area (TPSA) is 46.5 Å². The van der Waals surface area contributed by atoms with Crippen molar-refractivity contribution in [2.24, 2.45) is 5.92 Å². The molecule has 4 heteroatoms. The Bertz CT molecular complexity index is 553. The third kappa shape index (κ3) is 6.95. The quantitative estimate of drug-likeness (QED) is 0.388. The molecule has 1 aliphatic heterocycles. The normalized spacial score (nSPS) is 21.2. The number of rotatable bonds is 11. The summed E-state index contributed by atoms with van der Waals surface area (Å²) < 4.78 is 6.31. The lowest BCUT2D eigenvalue weighted by atomic mass is 9.87. The molecule has 0 aromatic heterocycles. The number of aliphatic hydroxyl groups is 1. The van der Waals surface area contributed by atoms with Crippen LogP contribution in [0.3, 0.4) is 0 Å². The fourth-order valence-corrected chi connectivity index (χ4v) is 3.44. The van der Waals surface area contributed by atoms with E-state index in [1.807, 2.05) is 24.3 Å². The summed E-state index contributed by atoms with van der Waals surface area (Å²) in [6.45, 7) is 2.18. The van der Waals surface area contributed by atoms with Gasteiger partial charge in [-0.2, -0.15) is 0 Å². The molecule has 0 bridgehead atoms. The Hall–Kier alpha value is -1.13. The van der Waals surface area contributed by atoms with Crippen molar-refractivity contribution in [3.63, 3.8) is 0 Å². The van der Waals surface area contributed by atoms with Gasteiger partial charge < -0.3 is 9.84 Å². The largest absolute Gasteiger partial charge is 0.461 e. The van der Waals surface area contributed by atoms with Crippen LogP contribution in [-0.2, 0) is 9.53 Å². The highest BCUT2D eigenvalue weighted by Crippen LogP contribution is 2.31. The van der Waals surface area contributed by atoms with Crippen molar-refractivity contribution in [2.45, 2.75) is 70.5 Å². The molecule has 1 aromatic rings. The molecule has 0 saturated carbocycles. The van der Waals surface area contributed by atoms with Gasteiger partial charge in [0.2, 0.25) is 0 Å². The number of benzene rings is 1. The lowest BCUT2D eigenvalue weighted by molar-refractivity contribution is -0.188. The second-order valence-corrected chi connectivity index (χ2v) is 7.77. The van der Waals surface area contributed by atoms with Crippen molar-refractivity contribution in [2.75, 3.05) is 0 Å². The highest BCUT2D eigenvalue weighted by molar-refractivity contribution is 9.10. The summed E-state index contributed by atoms with van der Waals surface area (Å²) in [4.78, 5) is 11.6. The van der Waals surface area contributed by atoms with Gasteiger partial charge in [-0.25, -0.2) is 0 Å². The van der Waals surface area contributed by atoms with Crippen molar-refractivity contribution < 1.29 is 14.6 Å². The first-order chi connectivity index (χ1) is 12.1. The number of esters is 1. The zero-order chi connectivity index (χ0) is 18.1. The van der Waals surface area contributed by atoms with Gasteiger partial charge in [-0.1, -0.05) is 72.8 Å². The van der Waals surface area contributed by atoms with E-state index in [0.29, 0.717) is 12.8 Å². The van der Waals surface area contributed by atoms with Crippen LogP contribution in [0.25, 0.3) is 6.08 Å². The molecule has 1 unspecified atom stereocenters. The maximum atomic E-state index is 11.6. The van der Waals surface area contributed by atoms with Crippen molar-refractivity contribution in [1.82, 2.24) is 0 Å². The summed E-state index contributed by atoms with van der Waals surface area (Å²) in [5.74, 6) is -0.0753. The summed E-state index contributed by atoms with van der Waals surface area (Å²) in [5.41, 5.74) is 1.15. The molecule has 3 nitrogen and oxygen atoms in total. The molecule has 2 rings (SSSR count). The monoisotopic (exact) mass is 408 g/mol. The Morgan fingerprint density at radius 2 is 2.00 bits per heavy atom. The molecule has 3 atom stereocenters. The lowest BCUT2D eigenvalue weighted by Gasteiger charge is -2.36. The Balaban J connectivity index is 1.64. The number of hydrogen-bond donors (Lipinski definition) is 1.